The zero-order chi connectivity index (χ0) is 27.1. The summed E-state index contributed by atoms with van der Waals surface area (Å²) in [5.74, 6) is 0.122. The van der Waals surface area contributed by atoms with E-state index in [0.717, 1.165) is 40.6 Å². The van der Waals surface area contributed by atoms with Crippen LogP contribution in [0.25, 0.3) is 22.0 Å². The van der Waals surface area contributed by atoms with E-state index >= 15 is 4.39 Å². The van der Waals surface area contributed by atoms with Gasteiger partial charge >= 0.3 is 5.97 Å². The van der Waals surface area contributed by atoms with Crippen LogP contribution in [0, 0.1) is 0 Å². The smallest absolute Gasteiger partial charge is 0.335 e. The number of piperidine rings is 1. The van der Waals surface area contributed by atoms with Crippen LogP contribution in [0.5, 0.6) is 0 Å². The van der Waals surface area contributed by atoms with E-state index in [1.54, 1.807) is 30.3 Å². The van der Waals surface area contributed by atoms with E-state index in [2.05, 4.69) is 10.1 Å². The van der Waals surface area contributed by atoms with Gasteiger partial charge in [-0.25, -0.2) is 9.18 Å². The minimum atomic E-state index is -1.44. The molecule has 6 rings (SSSR count). The summed E-state index contributed by atoms with van der Waals surface area (Å²) in [6, 6.07) is 16.3. The Labute approximate surface area is 235 Å². The Balaban J connectivity index is 1.11. The maximum absolute atomic E-state index is 15.8. The van der Waals surface area contributed by atoms with Crippen LogP contribution in [-0.4, -0.2) is 41.6 Å². The molecule has 1 aliphatic carbocycles. The summed E-state index contributed by atoms with van der Waals surface area (Å²) in [5.41, 5.74) is 1.76. The summed E-state index contributed by atoms with van der Waals surface area (Å²) >= 11 is 12.9. The summed E-state index contributed by atoms with van der Waals surface area (Å²) in [6.45, 7) is 1.26. The molecule has 1 saturated carbocycles. The summed E-state index contributed by atoms with van der Waals surface area (Å²) in [4.78, 5) is 13.4. The fourth-order valence-electron chi connectivity index (χ4n) is 5.26. The number of ether oxygens (including phenoxy) is 1. The van der Waals surface area contributed by atoms with Crippen LogP contribution in [-0.2, 0) is 11.3 Å². The maximum Gasteiger partial charge on any atom is 0.335 e. The maximum atomic E-state index is 15.8. The number of fused-ring (bicyclic) bond motifs is 1. The van der Waals surface area contributed by atoms with Gasteiger partial charge in [-0.2, -0.15) is 0 Å². The van der Waals surface area contributed by atoms with Crippen molar-refractivity contribution < 1.29 is 23.6 Å². The highest BCUT2D eigenvalue weighted by atomic mass is 35.5. The van der Waals surface area contributed by atoms with Gasteiger partial charge in [0.2, 0.25) is 0 Å². The molecular formula is C30H27Cl2FN2O4. The number of anilines is 1. The molecule has 2 aliphatic rings. The van der Waals surface area contributed by atoms with Crippen molar-refractivity contribution in [1.29, 1.82) is 0 Å². The van der Waals surface area contributed by atoms with Crippen molar-refractivity contribution >= 4 is 45.6 Å². The molecule has 39 heavy (non-hydrogen) atoms. The van der Waals surface area contributed by atoms with Crippen molar-refractivity contribution in [3.05, 3.63) is 81.5 Å². The second-order valence-electron chi connectivity index (χ2n) is 10.4. The van der Waals surface area contributed by atoms with Gasteiger partial charge in [0.25, 0.3) is 0 Å². The molecule has 1 aromatic heterocycles. The number of benzene rings is 3. The molecular weight excluding hydrogens is 542 g/mol. The van der Waals surface area contributed by atoms with Crippen LogP contribution in [0.2, 0.25) is 10.0 Å². The molecule has 0 bridgehead atoms. The van der Waals surface area contributed by atoms with Crippen molar-refractivity contribution in [2.24, 2.45) is 0 Å². The number of rotatable bonds is 8. The van der Waals surface area contributed by atoms with Crippen molar-refractivity contribution in [3.8, 4) is 11.3 Å². The molecule has 0 spiro atoms. The van der Waals surface area contributed by atoms with Crippen molar-refractivity contribution in [2.75, 3.05) is 24.6 Å². The van der Waals surface area contributed by atoms with Gasteiger partial charge in [-0.05, 0) is 60.0 Å². The van der Waals surface area contributed by atoms with Crippen molar-refractivity contribution in [3.63, 3.8) is 0 Å². The highest BCUT2D eigenvalue weighted by Gasteiger charge is 2.37. The molecule has 202 valence electrons. The summed E-state index contributed by atoms with van der Waals surface area (Å²) in [5, 5.41) is 16.3. The zero-order valence-electron chi connectivity index (χ0n) is 21.1. The van der Waals surface area contributed by atoms with Gasteiger partial charge in [-0.3, -0.25) is 0 Å². The van der Waals surface area contributed by atoms with E-state index in [4.69, 9.17) is 32.5 Å². The molecule has 2 fully saturated rings. The lowest BCUT2D eigenvalue weighted by molar-refractivity contribution is -0.00756. The lowest BCUT2D eigenvalue weighted by Crippen LogP contribution is -2.44. The zero-order valence-corrected chi connectivity index (χ0v) is 22.6. The van der Waals surface area contributed by atoms with Crippen LogP contribution in [0.15, 0.2) is 59.1 Å². The number of halogens is 3. The van der Waals surface area contributed by atoms with Crippen LogP contribution in [0.3, 0.4) is 0 Å². The van der Waals surface area contributed by atoms with Crippen LogP contribution < -0.4 is 4.90 Å². The number of hydrogen-bond acceptors (Lipinski definition) is 5. The van der Waals surface area contributed by atoms with Gasteiger partial charge in [0, 0.05) is 48.7 Å². The normalized spacial score (nSPS) is 17.1. The van der Waals surface area contributed by atoms with E-state index in [1.165, 1.54) is 0 Å². The molecule has 6 nitrogen and oxygen atoms in total. The van der Waals surface area contributed by atoms with Crippen LogP contribution in [0.4, 0.5) is 10.1 Å². The molecule has 0 unspecified atom stereocenters. The minimum Gasteiger partial charge on any atom is -0.478 e. The number of hydrogen-bond donors (Lipinski definition) is 1. The lowest BCUT2D eigenvalue weighted by atomic mass is 9.93. The number of carbonyl (C=O) groups is 1. The monoisotopic (exact) mass is 568 g/mol. The lowest BCUT2D eigenvalue weighted by Gasteiger charge is -2.37. The number of carboxylic acid groups (broad SMARTS) is 1. The number of carboxylic acids is 1. The highest BCUT2D eigenvalue weighted by molar-refractivity contribution is 6.39. The van der Waals surface area contributed by atoms with E-state index in [9.17, 15) is 9.90 Å². The molecule has 0 radical (unpaired) electrons. The Bertz CT molecular complexity index is 1520. The van der Waals surface area contributed by atoms with Gasteiger partial charge in [-0.1, -0.05) is 46.6 Å². The number of aromatic carboxylic acids is 1. The van der Waals surface area contributed by atoms with Gasteiger partial charge in [-0.15, -0.1) is 0 Å². The largest absolute Gasteiger partial charge is 0.478 e. The molecule has 3 aromatic carbocycles. The summed E-state index contributed by atoms with van der Waals surface area (Å²) < 4.78 is 27.5. The third-order valence-electron chi connectivity index (χ3n) is 7.67. The number of nitrogens with zero attached hydrogens (tertiary/aromatic N) is 2. The highest BCUT2D eigenvalue weighted by Crippen LogP contribution is 2.46. The third-order valence-corrected chi connectivity index (χ3v) is 8.30. The van der Waals surface area contributed by atoms with Crippen LogP contribution >= 0.6 is 23.2 Å². The first-order chi connectivity index (χ1) is 18.8. The second kappa shape index (κ2) is 10.5. The van der Waals surface area contributed by atoms with Crippen LogP contribution in [0.1, 0.15) is 53.3 Å². The third kappa shape index (κ3) is 5.36. The molecule has 2 heterocycles. The number of aromatic nitrogens is 1. The Morgan fingerprint density at radius 2 is 1.77 bits per heavy atom. The fourth-order valence-corrected chi connectivity index (χ4v) is 5.83. The average Bonchev–Trinajstić information content (AvgIpc) is 3.69. The van der Waals surface area contributed by atoms with Gasteiger partial charge in [0.1, 0.15) is 17.1 Å². The topological polar surface area (TPSA) is 75.8 Å². The standard InChI is InChI=1S/C30H27Cl2FN2O4/c31-24-2-1-3-25(32)26(24)27-23(28(39-34-27)18-4-5-18)16-38-17-30(33)10-12-35(13-11-30)22-9-8-19-14-21(29(36)37)7-6-20(19)15-22/h1-3,6-9,14-15,18H,4-5,10-13,16-17H2,(H,36,37). The molecule has 9 heteroatoms. The average molecular weight is 569 g/mol. The van der Waals surface area contributed by atoms with E-state index in [0.29, 0.717) is 53.2 Å². The predicted octanol–water partition coefficient (Wildman–Crippen LogP) is 7.90. The molecule has 1 N–H and O–H groups in total. The van der Waals surface area contributed by atoms with E-state index in [1.807, 2.05) is 24.3 Å². The van der Waals surface area contributed by atoms with E-state index in [-0.39, 0.29) is 18.8 Å². The van der Waals surface area contributed by atoms with Gasteiger partial charge < -0.3 is 19.3 Å². The first-order valence-corrected chi connectivity index (χ1v) is 13.8. The molecule has 0 atom stereocenters. The van der Waals surface area contributed by atoms with E-state index < -0.39 is 11.6 Å². The van der Waals surface area contributed by atoms with Crippen molar-refractivity contribution in [1.82, 2.24) is 5.16 Å². The molecule has 0 amide bonds. The molecule has 4 aromatic rings. The minimum absolute atomic E-state index is 0.0263. The molecule has 1 aliphatic heterocycles. The molecule has 1 saturated heterocycles. The quantitative estimate of drug-likeness (QED) is 0.233. The Morgan fingerprint density at radius 3 is 2.46 bits per heavy atom. The SMILES string of the molecule is O=C(O)c1ccc2cc(N3CCC(F)(COCc4c(-c5c(Cl)cccc5Cl)noc4C4CC4)CC3)ccc2c1. The van der Waals surface area contributed by atoms with Gasteiger partial charge in [0.05, 0.1) is 28.8 Å². The first kappa shape index (κ1) is 26.1. The Morgan fingerprint density at radius 1 is 1.08 bits per heavy atom. The number of alkyl halides is 1. The predicted molar refractivity (Wildman–Crippen MR) is 150 cm³/mol. The first-order valence-electron chi connectivity index (χ1n) is 13.0. The Hall–Kier alpha value is -3.13. The fraction of sp³-hybridized carbons (Fsp3) is 0.333. The second-order valence-corrected chi connectivity index (χ2v) is 11.2. The van der Waals surface area contributed by atoms with Crippen molar-refractivity contribution in [2.45, 2.75) is 43.9 Å². The Kier molecular flexibility index (Phi) is 7.00. The summed E-state index contributed by atoms with van der Waals surface area (Å²) in [6.07, 6.45) is 2.73. The summed E-state index contributed by atoms with van der Waals surface area (Å²) in [7, 11) is 0. The van der Waals surface area contributed by atoms with Gasteiger partial charge in [0.15, 0.2) is 0 Å².